The zero-order valence-corrected chi connectivity index (χ0v) is 38.0. The van der Waals surface area contributed by atoms with E-state index in [2.05, 4.69) is 268 Å². The maximum atomic E-state index is 2.44. The van der Waals surface area contributed by atoms with Crippen LogP contribution in [0.25, 0.3) is 44.5 Å². The van der Waals surface area contributed by atoms with E-state index in [1.165, 1.54) is 94.6 Å². The Balaban J connectivity index is 1.01. The average Bonchev–Trinajstić information content (AvgIpc) is 3.85. The lowest BCUT2D eigenvalue weighted by Crippen LogP contribution is -2.44. The number of anilines is 3. The number of rotatable bonds is 5. The molecule has 10 aromatic carbocycles. The highest BCUT2D eigenvalue weighted by atomic mass is 15.1. The Morgan fingerprint density at radius 3 is 1.10 bits per heavy atom. The molecule has 0 aliphatic heterocycles. The Morgan fingerprint density at radius 2 is 0.612 bits per heavy atom. The summed E-state index contributed by atoms with van der Waals surface area (Å²) in [5.74, 6) is 0. The highest BCUT2D eigenvalue weighted by molar-refractivity contribution is 5.97. The minimum atomic E-state index is -0.576. The summed E-state index contributed by atoms with van der Waals surface area (Å²) >= 11 is 0. The first-order valence-electron chi connectivity index (χ1n) is 23.7. The maximum Gasteiger partial charge on any atom is 0.0726 e. The Labute approximate surface area is 394 Å². The fourth-order valence-electron chi connectivity index (χ4n) is 12.3. The molecule has 10 aromatic rings. The molecule has 0 unspecified atom stereocenters. The van der Waals surface area contributed by atoms with Gasteiger partial charge in [-0.15, -0.1) is 0 Å². The first-order valence-corrected chi connectivity index (χ1v) is 23.7. The van der Waals surface area contributed by atoms with E-state index in [9.17, 15) is 0 Å². The molecule has 3 aliphatic carbocycles. The SMILES string of the molecule is CC(C)(C)c1ccc(N(c2ccc(-c3ccccc3)cc2)c2ccc(-c3cccc4c3C3(c5ccccc5-4)c4ccccc4C4(c5ccccc5-c5ccccc54)c4ccccc43)cc2)cc1. The third-order valence-electron chi connectivity index (χ3n) is 15.1. The Morgan fingerprint density at radius 1 is 0.269 bits per heavy atom. The quantitative estimate of drug-likeness (QED) is 0.167. The van der Waals surface area contributed by atoms with Crippen molar-refractivity contribution in [2.75, 3.05) is 4.90 Å². The lowest BCUT2D eigenvalue weighted by atomic mass is 9.52. The van der Waals surface area contributed by atoms with Crippen LogP contribution in [0.5, 0.6) is 0 Å². The van der Waals surface area contributed by atoms with Crippen molar-refractivity contribution in [3.63, 3.8) is 0 Å². The van der Waals surface area contributed by atoms with Crippen LogP contribution >= 0.6 is 0 Å². The van der Waals surface area contributed by atoms with Gasteiger partial charge in [0.25, 0.3) is 0 Å². The molecule has 67 heavy (non-hydrogen) atoms. The van der Waals surface area contributed by atoms with E-state index in [1.54, 1.807) is 0 Å². The van der Waals surface area contributed by atoms with E-state index < -0.39 is 10.8 Å². The predicted molar refractivity (Wildman–Crippen MR) is 279 cm³/mol. The smallest absolute Gasteiger partial charge is 0.0726 e. The summed E-state index contributed by atoms with van der Waals surface area (Å²) in [6.07, 6.45) is 0. The van der Waals surface area contributed by atoms with Crippen LogP contribution in [-0.4, -0.2) is 0 Å². The van der Waals surface area contributed by atoms with Gasteiger partial charge in [0.2, 0.25) is 0 Å². The molecule has 0 saturated heterocycles. The number of hydrogen-bond acceptors (Lipinski definition) is 1. The van der Waals surface area contributed by atoms with Crippen LogP contribution in [0.15, 0.2) is 243 Å². The summed E-state index contributed by atoms with van der Waals surface area (Å²) in [6, 6.07) is 91.3. The summed E-state index contributed by atoms with van der Waals surface area (Å²) in [4.78, 5) is 2.39. The zero-order chi connectivity index (χ0) is 44.9. The van der Waals surface area contributed by atoms with Crippen molar-refractivity contribution in [2.24, 2.45) is 0 Å². The van der Waals surface area contributed by atoms with E-state index in [-0.39, 0.29) is 5.41 Å². The van der Waals surface area contributed by atoms with Crippen molar-refractivity contribution in [2.45, 2.75) is 37.0 Å². The fourth-order valence-corrected chi connectivity index (χ4v) is 12.3. The Kier molecular flexibility index (Phi) is 8.67. The van der Waals surface area contributed by atoms with Gasteiger partial charge in [0.05, 0.1) is 10.8 Å². The van der Waals surface area contributed by atoms with Gasteiger partial charge in [-0.25, -0.2) is 0 Å². The van der Waals surface area contributed by atoms with Gasteiger partial charge in [0.15, 0.2) is 0 Å². The van der Waals surface area contributed by atoms with Crippen molar-refractivity contribution in [1.82, 2.24) is 0 Å². The average molecular weight is 856 g/mol. The number of benzene rings is 10. The van der Waals surface area contributed by atoms with Gasteiger partial charge in [0.1, 0.15) is 0 Å². The number of nitrogens with zero attached hydrogens (tertiary/aromatic N) is 1. The van der Waals surface area contributed by atoms with Crippen LogP contribution in [0, 0.1) is 0 Å². The lowest BCUT2D eigenvalue weighted by Gasteiger charge is -2.49. The third-order valence-corrected chi connectivity index (χ3v) is 15.1. The monoisotopic (exact) mass is 855 g/mol. The molecular weight excluding hydrogens is 807 g/mol. The van der Waals surface area contributed by atoms with Gasteiger partial charge in [-0.05, 0) is 136 Å². The Hall–Kier alpha value is -8.00. The van der Waals surface area contributed by atoms with Crippen molar-refractivity contribution < 1.29 is 0 Å². The normalized spacial score (nSPS) is 14.1. The predicted octanol–water partition coefficient (Wildman–Crippen LogP) is 16.8. The summed E-state index contributed by atoms with van der Waals surface area (Å²) in [5, 5.41) is 0. The molecule has 0 radical (unpaired) electrons. The topological polar surface area (TPSA) is 3.24 Å². The first kappa shape index (κ1) is 39.4. The van der Waals surface area contributed by atoms with E-state index in [0.717, 1.165) is 17.1 Å². The molecule has 2 spiro atoms. The molecule has 0 N–H and O–H groups in total. The molecule has 0 saturated carbocycles. The first-order chi connectivity index (χ1) is 32.9. The highest BCUT2D eigenvalue weighted by Crippen LogP contribution is 2.68. The summed E-state index contributed by atoms with van der Waals surface area (Å²) < 4.78 is 0. The van der Waals surface area contributed by atoms with E-state index in [4.69, 9.17) is 0 Å². The maximum absolute atomic E-state index is 2.44. The summed E-state index contributed by atoms with van der Waals surface area (Å²) in [5.41, 5.74) is 24.6. The molecule has 0 atom stereocenters. The van der Waals surface area contributed by atoms with E-state index in [1.807, 2.05) is 0 Å². The van der Waals surface area contributed by atoms with Crippen LogP contribution < -0.4 is 4.90 Å². The van der Waals surface area contributed by atoms with Crippen molar-refractivity contribution in [3.05, 3.63) is 293 Å². The molecule has 0 heterocycles. The Bertz CT molecular complexity index is 3440. The van der Waals surface area contributed by atoms with Crippen LogP contribution in [-0.2, 0) is 16.2 Å². The molecule has 1 heteroatoms. The van der Waals surface area contributed by atoms with Gasteiger partial charge < -0.3 is 4.90 Å². The minimum Gasteiger partial charge on any atom is -0.311 e. The van der Waals surface area contributed by atoms with Crippen LogP contribution in [0.2, 0.25) is 0 Å². The van der Waals surface area contributed by atoms with Gasteiger partial charge >= 0.3 is 0 Å². The molecule has 0 fully saturated rings. The summed E-state index contributed by atoms with van der Waals surface area (Å²) in [6.45, 7) is 6.83. The largest absolute Gasteiger partial charge is 0.311 e. The number of hydrogen-bond donors (Lipinski definition) is 0. The van der Waals surface area contributed by atoms with E-state index >= 15 is 0 Å². The molecule has 1 nitrogen and oxygen atoms in total. The minimum absolute atomic E-state index is 0.0569. The second-order valence-corrected chi connectivity index (χ2v) is 19.5. The molecule has 318 valence electrons. The molecule has 3 aliphatic rings. The zero-order valence-electron chi connectivity index (χ0n) is 38.0. The molecule has 13 rings (SSSR count). The van der Waals surface area contributed by atoms with Gasteiger partial charge in [-0.3, -0.25) is 0 Å². The lowest BCUT2D eigenvalue weighted by molar-refractivity contribution is 0.590. The van der Waals surface area contributed by atoms with Gasteiger partial charge in [-0.2, -0.15) is 0 Å². The van der Waals surface area contributed by atoms with Crippen molar-refractivity contribution in [3.8, 4) is 44.5 Å². The molecule has 0 aromatic heterocycles. The van der Waals surface area contributed by atoms with Crippen molar-refractivity contribution >= 4 is 17.1 Å². The van der Waals surface area contributed by atoms with E-state index in [0.29, 0.717) is 0 Å². The second kappa shape index (κ2) is 14.8. The van der Waals surface area contributed by atoms with Crippen LogP contribution in [0.3, 0.4) is 0 Å². The van der Waals surface area contributed by atoms with Crippen LogP contribution in [0.1, 0.15) is 70.8 Å². The molecule has 0 amide bonds. The molecule has 0 bridgehead atoms. The molecular formula is C66H49N. The third kappa shape index (κ3) is 5.55. The van der Waals surface area contributed by atoms with Gasteiger partial charge in [-0.1, -0.05) is 227 Å². The highest BCUT2D eigenvalue weighted by Gasteiger charge is 2.59. The number of fused-ring (bicyclic) bond motifs is 16. The standard InChI is InChI=1S/C66H49N/c1-64(2,3)47-36-42-50(43-37-47)67(48-38-32-45(33-39-48)44-18-5-4-6-19-44)49-40-34-46(35-41-49)51-23-17-24-55-54-22-9-12-27-58(54)66(63(51)55)61-30-15-13-28-59(61)65(60-29-14-16-31-62(60)66)56-25-10-7-20-52(56)53-21-8-11-26-57(53)65/h4-43H,1-3H3. The van der Waals surface area contributed by atoms with Crippen LogP contribution in [0.4, 0.5) is 17.1 Å². The van der Waals surface area contributed by atoms with Gasteiger partial charge in [0, 0.05) is 17.1 Å². The summed E-state index contributed by atoms with van der Waals surface area (Å²) in [7, 11) is 0. The fraction of sp³-hybridized carbons (Fsp3) is 0.0909. The second-order valence-electron chi connectivity index (χ2n) is 19.5. The van der Waals surface area contributed by atoms with Crippen molar-refractivity contribution in [1.29, 1.82) is 0 Å².